The van der Waals surface area contributed by atoms with Crippen LogP contribution < -0.4 is 5.32 Å². The van der Waals surface area contributed by atoms with E-state index in [2.05, 4.69) is 22.2 Å². The molecule has 1 aromatic rings. The van der Waals surface area contributed by atoms with E-state index in [1.54, 1.807) is 12.4 Å². The lowest BCUT2D eigenvalue weighted by molar-refractivity contribution is 0.233. The van der Waals surface area contributed by atoms with Crippen LogP contribution in [0.1, 0.15) is 39.0 Å². The fourth-order valence-corrected chi connectivity index (χ4v) is 2.49. The SMILES string of the molecule is CC1(CNc2nccnc2Cl)CCCCC1. The molecule has 0 unspecified atom stereocenters. The predicted octanol–water partition coefficient (Wildman–Crippen LogP) is 3.51. The first-order valence-corrected chi connectivity index (χ1v) is 6.28. The molecule has 88 valence electrons. The Morgan fingerprint density at radius 1 is 1.25 bits per heavy atom. The normalized spacial score (nSPS) is 19.4. The highest BCUT2D eigenvalue weighted by atomic mass is 35.5. The smallest absolute Gasteiger partial charge is 0.171 e. The van der Waals surface area contributed by atoms with E-state index in [1.165, 1.54) is 32.1 Å². The number of halogens is 1. The summed E-state index contributed by atoms with van der Waals surface area (Å²) < 4.78 is 0. The van der Waals surface area contributed by atoms with Crippen molar-refractivity contribution in [2.75, 3.05) is 11.9 Å². The van der Waals surface area contributed by atoms with Gasteiger partial charge in [-0.2, -0.15) is 0 Å². The maximum atomic E-state index is 5.95. The van der Waals surface area contributed by atoms with E-state index < -0.39 is 0 Å². The third-order valence-electron chi connectivity index (χ3n) is 3.40. The van der Waals surface area contributed by atoms with Crippen LogP contribution in [0.4, 0.5) is 5.82 Å². The Balaban J connectivity index is 1.94. The highest BCUT2D eigenvalue weighted by Gasteiger charge is 2.26. The number of nitrogens with zero attached hydrogens (tertiary/aromatic N) is 2. The van der Waals surface area contributed by atoms with Crippen LogP contribution in [0.25, 0.3) is 0 Å². The molecule has 0 amide bonds. The van der Waals surface area contributed by atoms with Gasteiger partial charge in [-0.3, -0.25) is 0 Å². The van der Waals surface area contributed by atoms with Crippen LogP contribution in [0.2, 0.25) is 5.15 Å². The van der Waals surface area contributed by atoms with Crippen molar-refractivity contribution < 1.29 is 0 Å². The average Bonchev–Trinajstić information content (AvgIpc) is 2.29. The van der Waals surface area contributed by atoms with E-state index in [4.69, 9.17) is 11.6 Å². The van der Waals surface area contributed by atoms with Gasteiger partial charge in [-0.05, 0) is 18.3 Å². The lowest BCUT2D eigenvalue weighted by Crippen LogP contribution is -2.29. The molecule has 16 heavy (non-hydrogen) atoms. The van der Waals surface area contributed by atoms with Gasteiger partial charge in [0.2, 0.25) is 0 Å². The van der Waals surface area contributed by atoms with Crippen LogP contribution in [0.15, 0.2) is 12.4 Å². The molecule has 1 aliphatic carbocycles. The van der Waals surface area contributed by atoms with Gasteiger partial charge in [0, 0.05) is 18.9 Å². The van der Waals surface area contributed by atoms with Crippen molar-refractivity contribution in [1.29, 1.82) is 0 Å². The van der Waals surface area contributed by atoms with Crippen molar-refractivity contribution >= 4 is 17.4 Å². The minimum Gasteiger partial charge on any atom is -0.367 e. The zero-order valence-electron chi connectivity index (χ0n) is 9.67. The Morgan fingerprint density at radius 3 is 2.62 bits per heavy atom. The molecule has 1 aromatic heterocycles. The fourth-order valence-electron chi connectivity index (χ4n) is 2.32. The van der Waals surface area contributed by atoms with E-state index in [0.29, 0.717) is 16.4 Å². The van der Waals surface area contributed by atoms with Crippen LogP contribution >= 0.6 is 11.6 Å². The molecule has 4 heteroatoms. The van der Waals surface area contributed by atoms with Crippen molar-refractivity contribution in [1.82, 2.24) is 9.97 Å². The number of nitrogens with one attached hydrogen (secondary N) is 1. The summed E-state index contributed by atoms with van der Waals surface area (Å²) in [5, 5.41) is 3.78. The summed E-state index contributed by atoms with van der Waals surface area (Å²) in [6.45, 7) is 3.27. The second-order valence-corrected chi connectivity index (χ2v) is 5.28. The maximum Gasteiger partial charge on any atom is 0.171 e. The number of anilines is 1. The van der Waals surface area contributed by atoms with Gasteiger partial charge in [0.1, 0.15) is 0 Å². The van der Waals surface area contributed by atoms with Gasteiger partial charge in [-0.1, -0.05) is 37.8 Å². The third kappa shape index (κ3) is 2.85. The summed E-state index contributed by atoms with van der Waals surface area (Å²) in [6.07, 6.45) is 9.91. The van der Waals surface area contributed by atoms with Crippen molar-refractivity contribution in [2.45, 2.75) is 39.0 Å². The molecular formula is C12H18ClN3. The molecule has 0 atom stereocenters. The third-order valence-corrected chi connectivity index (χ3v) is 3.67. The molecule has 3 nitrogen and oxygen atoms in total. The number of rotatable bonds is 3. The molecule has 2 rings (SSSR count). The molecule has 0 aliphatic heterocycles. The monoisotopic (exact) mass is 239 g/mol. The second kappa shape index (κ2) is 5.00. The van der Waals surface area contributed by atoms with E-state index in [-0.39, 0.29) is 0 Å². The summed E-state index contributed by atoms with van der Waals surface area (Å²) in [4.78, 5) is 8.19. The van der Waals surface area contributed by atoms with Gasteiger partial charge in [0.25, 0.3) is 0 Å². The lowest BCUT2D eigenvalue weighted by Gasteiger charge is -2.33. The molecule has 0 bridgehead atoms. The van der Waals surface area contributed by atoms with Crippen LogP contribution in [-0.4, -0.2) is 16.5 Å². The molecule has 1 saturated carbocycles. The van der Waals surface area contributed by atoms with Crippen molar-refractivity contribution in [3.8, 4) is 0 Å². The molecule has 1 aliphatic rings. The molecule has 1 heterocycles. The number of aromatic nitrogens is 2. The first-order valence-electron chi connectivity index (χ1n) is 5.90. The molecular weight excluding hydrogens is 222 g/mol. The molecule has 0 saturated heterocycles. The largest absolute Gasteiger partial charge is 0.367 e. The Hall–Kier alpha value is -0.830. The first kappa shape index (κ1) is 11.6. The molecule has 0 radical (unpaired) electrons. The van der Waals surface area contributed by atoms with Gasteiger partial charge in [-0.15, -0.1) is 0 Å². The highest BCUT2D eigenvalue weighted by Crippen LogP contribution is 2.35. The van der Waals surface area contributed by atoms with Crippen molar-refractivity contribution in [2.24, 2.45) is 5.41 Å². The maximum absolute atomic E-state index is 5.95. The highest BCUT2D eigenvalue weighted by molar-refractivity contribution is 6.31. The Morgan fingerprint density at radius 2 is 1.94 bits per heavy atom. The summed E-state index contributed by atoms with van der Waals surface area (Å²) >= 11 is 5.95. The lowest BCUT2D eigenvalue weighted by atomic mass is 9.76. The van der Waals surface area contributed by atoms with Gasteiger partial charge in [-0.25, -0.2) is 9.97 Å². The minimum absolute atomic E-state index is 0.388. The summed E-state index contributed by atoms with van der Waals surface area (Å²) in [6, 6.07) is 0. The standard InChI is InChI=1S/C12H18ClN3/c1-12(5-3-2-4-6-12)9-16-11-10(13)14-7-8-15-11/h7-8H,2-6,9H2,1H3,(H,15,16). The van der Waals surface area contributed by atoms with Crippen LogP contribution in [-0.2, 0) is 0 Å². The van der Waals surface area contributed by atoms with E-state index in [9.17, 15) is 0 Å². The van der Waals surface area contributed by atoms with Gasteiger partial charge < -0.3 is 5.32 Å². The van der Waals surface area contributed by atoms with Crippen LogP contribution in [0, 0.1) is 5.41 Å². The topological polar surface area (TPSA) is 37.8 Å². The zero-order chi connectivity index (χ0) is 11.4. The molecule has 1 fully saturated rings. The number of hydrogen-bond donors (Lipinski definition) is 1. The van der Waals surface area contributed by atoms with Crippen LogP contribution in [0.5, 0.6) is 0 Å². The Bertz CT molecular complexity index is 348. The summed E-state index contributed by atoms with van der Waals surface area (Å²) in [5.74, 6) is 0.705. The van der Waals surface area contributed by atoms with Crippen LogP contribution in [0.3, 0.4) is 0 Å². The molecule has 0 spiro atoms. The summed E-state index contributed by atoms with van der Waals surface area (Å²) in [5.41, 5.74) is 0.388. The average molecular weight is 240 g/mol. The van der Waals surface area contributed by atoms with Gasteiger partial charge >= 0.3 is 0 Å². The Kier molecular flexibility index (Phi) is 3.64. The van der Waals surface area contributed by atoms with Crippen molar-refractivity contribution in [3.05, 3.63) is 17.5 Å². The molecule has 1 N–H and O–H groups in total. The van der Waals surface area contributed by atoms with Gasteiger partial charge in [0.15, 0.2) is 11.0 Å². The second-order valence-electron chi connectivity index (χ2n) is 4.92. The van der Waals surface area contributed by atoms with Crippen molar-refractivity contribution in [3.63, 3.8) is 0 Å². The summed E-state index contributed by atoms with van der Waals surface area (Å²) in [7, 11) is 0. The predicted molar refractivity (Wildman–Crippen MR) is 66.7 cm³/mol. The Labute approximate surface area is 102 Å². The van der Waals surface area contributed by atoms with E-state index in [0.717, 1.165) is 6.54 Å². The minimum atomic E-state index is 0.388. The first-order chi connectivity index (χ1) is 7.70. The number of hydrogen-bond acceptors (Lipinski definition) is 3. The van der Waals surface area contributed by atoms with Gasteiger partial charge in [0.05, 0.1) is 0 Å². The quantitative estimate of drug-likeness (QED) is 0.877. The van der Waals surface area contributed by atoms with E-state index >= 15 is 0 Å². The van der Waals surface area contributed by atoms with E-state index in [1.807, 2.05) is 0 Å². The molecule has 0 aromatic carbocycles. The zero-order valence-corrected chi connectivity index (χ0v) is 10.4. The fraction of sp³-hybridized carbons (Fsp3) is 0.667.